The molecule has 8 heteroatoms. The fourth-order valence-corrected chi connectivity index (χ4v) is 3.63. The van der Waals surface area contributed by atoms with Crippen LogP contribution in [0, 0.1) is 0 Å². The van der Waals surface area contributed by atoms with Gasteiger partial charge in [0.15, 0.2) is 0 Å². The molecule has 1 atom stereocenters. The maximum atomic E-state index is 12.5. The summed E-state index contributed by atoms with van der Waals surface area (Å²) in [6, 6.07) is 1.88. The molecule has 7 nitrogen and oxygen atoms in total. The highest BCUT2D eigenvalue weighted by atomic mass is 32.1. The Balaban J connectivity index is 1.49. The van der Waals surface area contributed by atoms with E-state index in [1.807, 2.05) is 6.07 Å². The predicted molar refractivity (Wildman–Crippen MR) is 90.2 cm³/mol. The van der Waals surface area contributed by atoms with Crippen molar-refractivity contribution < 1.29 is 9.53 Å². The van der Waals surface area contributed by atoms with Crippen LogP contribution >= 0.6 is 11.3 Å². The van der Waals surface area contributed by atoms with Crippen molar-refractivity contribution in [1.82, 2.24) is 19.9 Å². The molecule has 0 aromatic carbocycles. The molecule has 2 aliphatic heterocycles. The van der Waals surface area contributed by atoms with Crippen LogP contribution in [-0.4, -0.2) is 58.5 Å². The van der Waals surface area contributed by atoms with Crippen molar-refractivity contribution in [2.45, 2.75) is 18.9 Å². The standard InChI is InChI=1S/C16H19N5O2S/c22-15(13-10-24-11-18-13)21-7-8-23-14(9-21)12-3-4-17-16(19-12)20-5-1-2-6-20/h3-4,10-11,14H,1-2,5-9H2/t14-/m0/s1. The number of aromatic nitrogens is 3. The van der Waals surface area contributed by atoms with Crippen LogP contribution in [0.4, 0.5) is 5.95 Å². The van der Waals surface area contributed by atoms with Crippen molar-refractivity contribution in [3.63, 3.8) is 0 Å². The molecule has 1 amide bonds. The third-order valence-corrected chi connectivity index (χ3v) is 4.97. The Bertz CT molecular complexity index is 702. The van der Waals surface area contributed by atoms with Crippen LogP contribution in [0.3, 0.4) is 0 Å². The number of ether oxygens (including phenoxy) is 1. The molecular formula is C16H19N5O2S. The molecule has 2 aromatic rings. The Morgan fingerprint density at radius 1 is 1.25 bits per heavy atom. The molecule has 0 radical (unpaired) electrons. The van der Waals surface area contributed by atoms with E-state index < -0.39 is 0 Å². The molecule has 0 bridgehead atoms. The number of hydrogen-bond acceptors (Lipinski definition) is 7. The van der Waals surface area contributed by atoms with Crippen molar-refractivity contribution in [1.29, 1.82) is 0 Å². The Hall–Kier alpha value is -2.06. The molecule has 0 aliphatic carbocycles. The summed E-state index contributed by atoms with van der Waals surface area (Å²) < 4.78 is 5.86. The number of amides is 1. The molecule has 2 aliphatic rings. The molecular weight excluding hydrogens is 326 g/mol. The lowest BCUT2D eigenvalue weighted by Gasteiger charge is -2.32. The smallest absolute Gasteiger partial charge is 0.273 e. The highest BCUT2D eigenvalue weighted by Crippen LogP contribution is 2.24. The van der Waals surface area contributed by atoms with E-state index in [9.17, 15) is 4.79 Å². The number of anilines is 1. The van der Waals surface area contributed by atoms with E-state index in [1.165, 1.54) is 24.2 Å². The maximum absolute atomic E-state index is 12.5. The van der Waals surface area contributed by atoms with Crippen LogP contribution in [-0.2, 0) is 4.74 Å². The van der Waals surface area contributed by atoms with E-state index >= 15 is 0 Å². The highest BCUT2D eigenvalue weighted by Gasteiger charge is 2.28. The van der Waals surface area contributed by atoms with E-state index in [4.69, 9.17) is 4.74 Å². The van der Waals surface area contributed by atoms with Crippen LogP contribution in [0.2, 0.25) is 0 Å². The molecule has 0 spiro atoms. The van der Waals surface area contributed by atoms with Gasteiger partial charge in [-0.2, -0.15) is 0 Å². The summed E-state index contributed by atoms with van der Waals surface area (Å²) in [5.41, 5.74) is 3.02. The van der Waals surface area contributed by atoms with Crippen LogP contribution in [0.15, 0.2) is 23.2 Å². The lowest BCUT2D eigenvalue weighted by atomic mass is 10.2. The fourth-order valence-electron chi connectivity index (χ4n) is 3.10. The van der Waals surface area contributed by atoms with Crippen molar-refractivity contribution in [2.75, 3.05) is 37.7 Å². The summed E-state index contributed by atoms with van der Waals surface area (Å²) in [5.74, 6) is 0.718. The Kier molecular flexibility index (Phi) is 4.40. The zero-order valence-electron chi connectivity index (χ0n) is 13.3. The summed E-state index contributed by atoms with van der Waals surface area (Å²) in [7, 11) is 0. The molecule has 2 saturated heterocycles. The maximum Gasteiger partial charge on any atom is 0.273 e. The number of carbonyl (C=O) groups excluding carboxylic acids is 1. The lowest BCUT2D eigenvalue weighted by Crippen LogP contribution is -2.42. The van der Waals surface area contributed by atoms with Crippen molar-refractivity contribution in [2.24, 2.45) is 0 Å². The topological polar surface area (TPSA) is 71.5 Å². The van der Waals surface area contributed by atoms with Gasteiger partial charge in [0, 0.05) is 31.2 Å². The van der Waals surface area contributed by atoms with Crippen LogP contribution in [0.1, 0.15) is 35.1 Å². The zero-order valence-corrected chi connectivity index (χ0v) is 14.1. The van der Waals surface area contributed by atoms with Gasteiger partial charge in [-0.3, -0.25) is 4.79 Å². The average Bonchev–Trinajstić information content (AvgIpc) is 3.35. The van der Waals surface area contributed by atoms with E-state index in [1.54, 1.807) is 22.0 Å². The first-order valence-corrected chi connectivity index (χ1v) is 9.12. The van der Waals surface area contributed by atoms with Crippen LogP contribution in [0.25, 0.3) is 0 Å². The summed E-state index contributed by atoms with van der Waals surface area (Å²) in [4.78, 5) is 29.6. The van der Waals surface area contributed by atoms with E-state index in [0.29, 0.717) is 25.4 Å². The van der Waals surface area contributed by atoms with Crippen molar-refractivity contribution in [3.8, 4) is 0 Å². The second-order valence-electron chi connectivity index (χ2n) is 5.96. The third-order valence-electron chi connectivity index (χ3n) is 4.39. The van der Waals surface area contributed by atoms with E-state index in [2.05, 4.69) is 19.9 Å². The zero-order chi connectivity index (χ0) is 16.4. The van der Waals surface area contributed by atoms with E-state index in [-0.39, 0.29) is 12.0 Å². The quantitative estimate of drug-likeness (QED) is 0.844. The van der Waals surface area contributed by atoms with Crippen LogP contribution in [0.5, 0.6) is 0 Å². The minimum atomic E-state index is -0.217. The van der Waals surface area contributed by atoms with Gasteiger partial charge < -0.3 is 14.5 Å². The van der Waals surface area contributed by atoms with Gasteiger partial charge in [0.1, 0.15) is 11.8 Å². The fraction of sp³-hybridized carbons (Fsp3) is 0.500. The molecule has 4 heterocycles. The minimum absolute atomic E-state index is 0.0432. The third kappa shape index (κ3) is 3.11. The predicted octanol–water partition coefficient (Wildman–Crippen LogP) is 1.75. The normalized spacial score (nSPS) is 21.2. The van der Waals surface area contributed by atoms with Gasteiger partial charge in [0.25, 0.3) is 5.91 Å². The van der Waals surface area contributed by atoms with Crippen molar-refractivity contribution >= 4 is 23.2 Å². The SMILES string of the molecule is O=C(c1cscn1)N1CCO[C@H](c2ccnc(N3CCCC3)n2)C1. The van der Waals surface area contributed by atoms with Gasteiger partial charge >= 0.3 is 0 Å². The number of morpholine rings is 1. The Morgan fingerprint density at radius 2 is 2.12 bits per heavy atom. The van der Waals surface area contributed by atoms with Gasteiger partial charge in [-0.1, -0.05) is 0 Å². The van der Waals surface area contributed by atoms with Crippen LogP contribution < -0.4 is 4.90 Å². The first-order valence-electron chi connectivity index (χ1n) is 8.18. The second-order valence-corrected chi connectivity index (χ2v) is 6.68. The largest absolute Gasteiger partial charge is 0.368 e. The summed E-state index contributed by atoms with van der Waals surface area (Å²) >= 11 is 1.43. The molecule has 4 rings (SSSR count). The minimum Gasteiger partial charge on any atom is -0.368 e. The Morgan fingerprint density at radius 3 is 2.92 bits per heavy atom. The van der Waals surface area contributed by atoms with E-state index in [0.717, 1.165) is 24.7 Å². The molecule has 0 unspecified atom stereocenters. The molecule has 24 heavy (non-hydrogen) atoms. The summed E-state index contributed by atoms with van der Waals surface area (Å²) in [6.07, 6.45) is 3.93. The number of carbonyl (C=O) groups is 1. The number of nitrogens with zero attached hydrogens (tertiary/aromatic N) is 5. The first kappa shape index (κ1) is 15.5. The highest BCUT2D eigenvalue weighted by molar-refractivity contribution is 7.07. The Labute approximate surface area is 144 Å². The van der Waals surface area contributed by atoms with Crippen molar-refractivity contribution in [3.05, 3.63) is 34.5 Å². The molecule has 0 N–H and O–H groups in total. The van der Waals surface area contributed by atoms with Gasteiger partial charge in [0.2, 0.25) is 5.95 Å². The number of rotatable bonds is 3. The van der Waals surface area contributed by atoms with Gasteiger partial charge in [-0.15, -0.1) is 11.3 Å². The molecule has 2 aromatic heterocycles. The van der Waals surface area contributed by atoms with Gasteiger partial charge in [0.05, 0.1) is 24.4 Å². The summed E-state index contributed by atoms with van der Waals surface area (Å²) in [6.45, 7) is 3.58. The van der Waals surface area contributed by atoms with Gasteiger partial charge in [-0.25, -0.2) is 15.0 Å². The van der Waals surface area contributed by atoms with Gasteiger partial charge in [-0.05, 0) is 18.9 Å². The average molecular weight is 345 g/mol. The number of thiazole rings is 1. The first-order chi connectivity index (χ1) is 11.8. The number of hydrogen-bond donors (Lipinski definition) is 0. The summed E-state index contributed by atoms with van der Waals surface area (Å²) in [5, 5.41) is 1.78. The monoisotopic (exact) mass is 345 g/mol. The second kappa shape index (κ2) is 6.82. The molecule has 2 fully saturated rings. The molecule has 0 saturated carbocycles. The molecule has 126 valence electrons. The lowest BCUT2D eigenvalue weighted by molar-refractivity contribution is -0.0249.